The van der Waals surface area contributed by atoms with Gasteiger partial charge in [0.1, 0.15) is 12.6 Å². The van der Waals surface area contributed by atoms with E-state index in [4.69, 9.17) is 4.74 Å². The summed E-state index contributed by atoms with van der Waals surface area (Å²) in [6.45, 7) is 3.54. The Kier molecular flexibility index (Phi) is 7.21. The number of fused-ring (bicyclic) bond motifs is 3. The highest BCUT2D eigenvalue weighted by Crippen LogP contribution is 2.44. The molecule has 0 fully saturated rings. The summed E-state index contributed by atoms with van der Waals surface area (Å²) in [5, 5.41) is 14.6. The number of carbonyl (C=O) groups is 3. The van der Waals surface area contributed by atoms with E-state index in [0.29, 0.717) is 4.47 Å². The number of halogens is 1. The van der Waals surface area contributed by atoms with Crippen LogP contribution in [0, 0.1) is 5.92 Å². The molecule has 1 aliphatic rings. The molecule has 3 aromatic rings. The molecular weight excluding hydrogens is 512 g/mol. The summed E-state index contributed by atoms with van der Waals surface area (Å²) in [6, 6.07) is 19.7. The predicted octanol–water partition coefficient (Wildman–Crippen LogP) is 5.65. The van der Waals surface area contributed by atoms with Gasteiger partial charge in [-0.3, -0.25) is 10.1 Å². The lowest BCUT2D eigenvalue weighted by Gasteiger charge is -2.19. The SMILES string of the molecule is CC(C)[C@@H](NC(=O)c1ccc(Br)cc1NC(=O)OCC1c2ccccc2-c2ccccc21)C(=O)O. The van der Waals surface area contributed by atoms with Crippen molar-refractivity contribution in [3.05, 3.63) is 87.9 Å². The van der Waals surface area contributed by atoms with E-state index in [1.807, 2.05) is 36.4 Å². The van der Waals surface area contributed by atoms with Gasteiger partial charge in [0.15, 0.2) is 0 Å². The zero-order chi connectivity index (χ0) is 25.1. The van der Waals surface area contributed by atoms with Crippen LogP contribution in [0.3, 0.4) is 0 Å². The molecule has 8 heteroatoms. The van der Waals surface area contributed by atoms with E-state index in [-0.39, 0.29) is 29.7 Å². The Balaban J connectivity index is 1.49. The molecule has 0 radical (unpaired) electrons. The van der Waals surface area contributed by atoms with Crippen LogP contribution >= 0.6 is 15.9 Å². The summed E-state index contributed by atoms with van der Waals surface area (Å²) in [4.78, 5) is 37.1. The Labute approximate surface area is 211 Å². The van der Waals surface area contributed by atoms with Gasteiger partial charge >= 0.3 is 12.1 Å². The van der Waals surface area contributed by atoms with E-state index >= 15 is 0 Å². The molecule has 1 atom stereocenters. The van der Waals surface area contributed by atoms with Crippen molar-refractivity contribution >= 4 is 39.6 Å². The van der Waals surface area contributed by atoms with Gasteiger partial charge in [-0.15, -0.1) is 0 Å². The molecule has 35 heavy (non-hydrogen) atoms. The van der Waals surface area contributed by atoms with Crippen LogP contribution in [0.5, 0.6) is 0 Å². The average molecular weight is 537 g/mol. The van der Waals surface area contributed by atoms with E-state index < -0.39 is 24.0 Å². The van der Waals surface area contributed by atoms with Gasteiger partial charge in [0.05, 0.1) is 11.3 Å². The number of anilines is 1. The fourth-order valence-corrected chi connectivity index (χ4v) is 4.66. The molecule has 7 nitrogen and oxygen atoms in total. The van der Waals surface area contributed by atoms with Gasteiger partial charge < -0.3 is 15.2 Å². The molecule has 0 saturated heterocycles. The number of nitrogens with one attached hydrogen (secondary N) is 2. The quantitative estimate of drug-likeness (QED) is 0.362. The zero-order valence-corrected chi connectivity index (χ0v) is 20.8. The van der Waals surface area contributed by atoms with Gasteiger partial charge in [-0.25, -0.2) is 9.59 Å². The van der Waals surface area contributed by atoms with E-state index in [1.165, 1.54) is 6.07 Å². The van der Waals surface area contributed by atoms with Crippen molar-refractivity contribution in [2.75, 3.05) is 11.9 Å². The van der Waals surface area contributed by atoms with E-state index in [9.17, 15) is 19.5 Å². The van der Waals surface area contributed by atoms with Crippen molar-refractivity contribution < 1.29 is 24.2 Å². The highest BCUT2D eigenvalue weighted by atomic mass is 79.9. The number of aliphatic carboxylic acids is 1. The molecule has 3 N–H and O–H groups in total. The highest BCUT2D eigenvalue weighted by molar-refractivity contribution is 9.10. The molecule has 3 aromatic carbocycles. The van der Waals surface area contributed by atoms with E-state index in [0.717, 1.165) is 22.3 Å². The van der Waals surface area contributed by atoms with Crippen molar-refractivity contribution in [2.24, 2.45) is 5.92 Å². The number of benzene rings is 3. The number of carbonyl (C=O) groups excluding carboxylic acids is 2. The number of hydrogen-bond acceptors (Lipinski definition) is 4. The first-order chi connectivity index (χ1) is 16.8. The lowest BCUT2D eigenvalue weighted by atomic mass is 9.98. The minimum atomic E-state index is -1.13. The molecule has 4 rings (SSSR count). The van der Waals surface area contributed by atoms with Crippen LogP contribution in [0.4, 0.5) is 10.5 Å². The molecule has 0 aromatic heterocycles. The standard InChI is InChI=1S/C27H25BrN2O5/c1-15(2)24(26(32)33)30-25(31)21-12-11-16(28)13-23(21)29-27(34)35-14-22-19-9-5-3-7-17(19)18-8-4-6-10-20(18)22/h3-13,15,22,24H,14H2,1-2H3,(H,29,34)(H,30,31)(H,32,33)/t24-/m1/s1. The molecule has 0 aliphatic heterocycles. The van der Waals surface area contributed by atoms with Crippen molar-refractivity contribution in [1.82, 2.24) is 5.32 Å². The molecule has 0 bridgehead atoms. The van der Waals surface area contributed by atoms with E-state index in [1.54, 1.807) is 26.0 Å². The molecule has 1 aliphatic carbocycles. The number of amides is 2. The van der Waals surface area contributed by atoms with Crippen LogP contribution in [0.2, 0.25) is 0 Å². The third-order valence-corrected chi connectivity index (χ3v) is 6.52. The smallest absolute Gasteiger partial charge is 0.411 e. The second-order valence-corrected chi connectivity index (χ2v) is 9.59. The van der Waals surface area contributed by atoms with Gasteiger partial charge in [-0.1, -0.05) is 78.3 Å². The third kappa shape index (κ3) is 5.22. The number of hydrogen-bond donors (Lipinski definition) is 3. The van der Waals surface area contributed by atoms with Gasteiger partial charge in [-0.2, -0.15) is 0 Å². The Morgan fingerprint density at radius 3 is 2.14 bits per heavy atom. The monoisotopic (exact) mass is 536 g/mol. The summed E-state index contributed by atoms with van der Waals surface area (Å²) in [6.07, 6.45) is -0.711. The lowest BCUT2D eigenvalue weighted by Crippen LogP contribution is -2.44. The van der Waals surface area contributed by atoms with Crippen LogP contribution in [0.15, 0.2) is 71.2 Å². The van der Waals surface area contributed by atoms with Crippen molar-refractivity contribution in [2.45, 2.75) is 25.8 Å². The molecular formula is C27H25BrN2O5. The van der Waals surface area contributed by atoms with Gasteiger partial charge in [-0.05, 0) is 46.4 Å². The third-order valence-electron chi connectivity index (χ3n) is 6.03. The Morgan fingerprint density at radius 2 is 1.57 bits per heavy atom. The maximum absolute atomic E-state index is 12.8. The Bertz CT molecular complexity index is 1240. The number of ether oxygens (including phenoxy) is 1. The number of carboxylic acids is 1. The van der Waals surface area contributed by atoms with Crippen LogP contribution < -0.4 is 10.6 Å². The topological polar surface area (TPSA) is 105 Å². The van der Waals surface area contributed by atoms with E-state index in [2.05, 4.69) is 38.7 Å². The second kappa shape index (κ2) is 10.3. The summed E-state index contributed by atoms with van der Waals surface area (Å²) in [7, 11) is 0. The maximum Gasteiger partial charge on any atom is 0.411 e. The maximum atomic E-state index is 12.8. The zero-order valence-electron chi connectivity index (χ0n) is 19.2. The average Bonchev–Trinajstić information content (AvgIpc) is 3.14. The van der Waals surface area contributed by atoms with Crippen LogP contribution in [-0.4, -0.2) is 35.7 Å². The summed E-state index contributed by atoms with van der Waals surface area (Å²) in [5.41, 5.74) is 4.79. The molecule has 0 spiro atoms. The summed E-state index contributed by atoms with van der Waals surface area (Å²) < 4.78 is 6.22. The Hall–Kier alpha value is -3.65. The van der Waals surface area contributed by atoms with Crippen molar-refractivity contribution in [1.29, 1.82) is 0 Å². The number of rotatable bonds is 7. The molecule has 0 unspecified atom stereocenters. The van der Waals surface area contributed by atoms with Crippen LogP contribution in [0.25, 0.3) is 11.1 Å². The van der Waals surface area contributed by atoms with Gasteiger partial charge in [0.2, 0.25) is 0 Å². The largest absolute Gasteiger partial charge is 0.480 e. The first-order valence-electron chi connectivity index (χ1n) is 11.2. The molecule has 180 valence electrons. The minimum Gasteiger partial charge on any atom is -0.480 e. The predicted molar refractivity (Wildman–Crippen MR) is 137 cm³/mol. The summed E-state index contributed by atoms with van der Waals surface area (Å²) in [5.74, 6) is -2.14. The minimum absolute atomic E-state index is 0.0965. The van der Waals surface area contributed by atoms with Gasteiger partial charge in [0.25, 0.3) is 5.91 Å². The normalized spacial score (nSPS) is 13.0. The van der Waals surface area contributed by atoms with Crippen molar-refractivity contribution in [3.63, 3.8) is 0 Å². The first-order valence-corrected chi connectivity index (χ1v) is 12.0. The lowest BCUT2D eigenvalue weighted by molar-refractivity contribution is -0.140. The molecule has 0 heterocycles. The van der Waals surface area contributed by atoms with Crippen LogP contribution in [-0.2, 0) is 9.53 Å². The fourth-order valence-electron chi connectivity index (χ4n) is 4.29. The van der Waals surface area contributed by atoms with Crippen LogP contribution in [0.1, 0.15) is 41.3 Å². The van der Waals surface area contributed by atoms with Crippen molar-refractivity contribution in [3.8, 4) is 11.1 Å². The fraction of sp³-hybridized carbons (Fsp3) is 0.222. The van der Waals surface area contributed by atoms with Gasteiger partial charge in [0, 0.05) is 10.4 Å². The summed E-state index contributed by atoms with van der Waals surface area (Å²) >= 11 is 3.34. The highest BCUT2D eigenvalue weighted by Gasteiger charge is 2.29. The number of carboxylic acid groups (broad SMARTS) is 1. The Morgan fingerprint density at radius 1 is 0.971 bits per heavy atom. The second-order valence-electron chi connectivity index (χ2n) is 8.67. The first kappa shape index (κ1) is 24.5. The molecule has 2 amide bonds. The molecule has 0 saturated carbocycles.